The van der Waals surface area contributed by atoms with Crippen molar-refractivity contribution in [3.8, 4) is 0 Å². The lowest BCUT2D eigenvalue weighted by molar-refractivity contribution is 0.259. The van der Waals surface area contributed by atoms with Gasteiger partial charge in [0.05, 0.1) is 0 Å². The van der Waals surface area contributed by atoms with Gasteiger partial charge >= 0.3 is 6.03 Å². The van der Waals surface area contributed by atoms with Crippen molar-refractivity contribution in [2.75, 3.05) is 5.32 Å². The van der Waals surface area contributed by atoms with Gasteiger partial charge in [0.1, 0.15) is 0 Å². The van der Waals surface area contributed by atoms with Gasteiger partial charge in [-0.3, -0.25) is 0 Å². The van der Waals surface area contributed by atoms with Crippen molar-refractivity contribution in [3.05, 3.63) is 27.8 Å². The molecule has 0 saturated carbocycles. The van der Waals surface area contributed by atoms with E-state index in [1.54, 1.807) is 12.1 Å². The summed E-state index contributed by atoms with van der Waals surface area (Å²) in [7, 11) is 0. The Bertz CT molecular complexity index is 263. The van der Waals surface area contributed by atoms with E-state index in [4.69, 9.17) is 5.73 Å². The summed E-state index contributed by atoms with van der Waals surface area (Å²) in [4.78, 5) is 10.4. The lowest BCUT2D eigenvalue weighted by Crippen LogP contribution is -2.19. The van der Waals surface area contributed by atoms with Gasteiger partial charge in [-0.05, 0) is 46.9 Å². The molecule has 2 amide bonds. The number of halogens is 2. The molecule has 0 aliphatic carbocycles. The number of amides is 2. The minimum absolute atomic E-state index is 0. The quantitative estimate of drug-likeness (QED) is 0.767. The van der Waals surface area contributed by atoms with E-state index in [9.17, 15) is 4.79 Å². The number of nitrogens with two attached hydrogens (primary N) is 1. The zero-order chi connectivity index (χ0) is 8.27. The number of carbonyl (C=O) groups is 1. The van der Waals surface area contributed by atoms with Crippen LogP contribution in [-0.4, -0.2) is 6.03 Å². The van der Waals surface area contributed by atoms with Crippen LogP contribution in [0.2, 0.25) is 0 Å². The van der Waals surface area contributed by atoms with Crippen LogP contribution in [0.25, 0.3) is 0 Å². The fourth-order valence-corrected chi connectivity index (χ4v) is 1.04. The highest BCUT2D eigenvalue weighted by Crippen LogP contribution is 2.10. The van der Waals surface area contributed by atoms with Crippen molar-refractivity contribution in [1.82, 2.24) is 0 Å². The fraction of sp³-hybridized carbons (Fsp3) is 0. The number of benzene rings is 1. The highest BCUT2D eigenvalue weighted by atomic mass is 127. The Morgan fingerprint density at radius 3 is 2.25 bits per heavy atom. The Labute approximate surface area is 90.3 Å². The summed E-state index contributed by atoms with van der Waals surface area (Å²) in [6.07, 6.45) is 0. The van der Waals surface area contributed by atoms with Crippen LogP contribution in [0.4, 0.5) is 10.5 Å². The molecular weight excluding hydrogens is 290 g/mol. The molecule has 1 aromatic carbocycles. The largest absolute Gasteiger partial charge is 0.351 e. The van der Waals surface area contributed by atoms with Crippen molar-refractivity contribution >= 4 is 46.7 Å². The predicted octanol–water partition coefficient (Wildman–Crippen LogP) is 2.20. The monoisotopic (exact) mass is 298 g/mol. The number of urea groups is 1. The van der Waals surface area contributed by atoms with E-state index in [-0.39, 0.29) is 12.4 Å². The van der Waals surface area contributed by atoms with Gasteiger partial charge in [-0.1, -0.05) is 0 Å². The molecule has 3 nitrogen and oxygen atoms in total. The van der Waals surface area contributed by atoms with Gasteiger partial charge in [-0.15, -0.1) is 12.4 Å². The average molecular weight is 299 g/mol. The molecule has 1 aromatic rings. The van der Waals surface area contributed by atoms with E-state index in [1.807, 2.05) is 12.1 Å². The second-order valence-electron chi connectivity index (χ2n) is 2.00. The van der Waals surface area contributed by atoms with Gasteiger partial charge in [-0.2, -0.15) is 0 Å². The molecule has 0 atom stereocenters. The van der Waals surface area contributed by atoms with Crippen LogP contribution in [0.1, 0.15) is 0 Å². The number of nitrogens with one attached hydrogen (secondary N) is 1. The fourth-order valence-electron chi connectivity index (χ4n) is 0.675. The molecule has 0 aliphatic heterocycles. The first kappa shape index (κ1) is 11.5. The molecule has 0 spiro atoms. The van der Waals surface area contributed by atoms with E-state index < -0.39 is 6.03 Å². The minimum atomic E-state index is -0.536. The standard InChI is InChI=1S/C7H7IN2O.ClH/c8-5-1-3-6(4-2-5)10-7(9)11;/h1-4H,(H3,9,10,11);1H. The maximum absolute atomic E-state index is 10.4. The molecule has 0 radical (unpaired) electrons. The van der Waals surface area contributed by atoms with Crippen LogP contribution in [-0.2, 0) is 0 Å². The van der Waals surface area contributed by atoms with Crippen LogP contribution in [0.15, 0.2) is 24.3 Å². The second-order valence-corrected chi connectivity index (χ2v) is 3.24. The third-order valence-corrected chi connectivity index (χ3v) is 1.83. The first-order chi connectivity index (χ1) is 5.18. The zero-order valence-corrected chi connectivity index (χ0v) is 9.06. The predicted molar refractivity (Wildman–Crippen MR) is 59.6 cm³/mol. The van der Waals surface area contributed by atoms with Crippen LogP contribution >= 0.6 is 35.0 Å². The SMILES string of the molecule is Cl.NC(=O)Nc1ccc(I)cc1. The third-order valence-electron chi connectivity index (χ3n) is 1.11. The molecule has 3 N–H and O–H groups in total. The van der Waals surface area contributed by atoms with E-state index in [0.717, 1.165) is 9.26 Å². The molecule has 0 saturated heterocycles. The Hall–Kier alpha value is -0.490. The molecule has 0 aliphatic rings. The lowest BCUT2D eigenvalue weighted by atomic mass is 10.3. The number of rotatable bonds is 1. The zero-order valence-electron chi connectivity index (χ0n) is 6.08. The van der Waals surface area contributed by atoms with Gasteiger partial charge in [-0.25, -0.2) is 4.79 Å². The van der Waals surface area contributed by atoms with Gasteiger partial charge in [0.25, 0.3) is 0 Å². The average Bonchev–Trinajstić information content (AvgIpc) is 1.93. The summed E-state index contributed by atoms with van der Waals surface area (Å²) in [6.45, 7) is 0. The van der Waals surface area contributed by atoms with E-state index >= 15 is 0 Å². The molecule has 0 bridgehead atoms. The molecule has 12 heavy (non-hydrogen) atoms. The van der Waals surface area contributed by atoms with E-state index in [0.29, 0.717) is 0 Å². The minimum Gasteiger partial charge on any atom is -0.351 e. The first-order valence-electron chi connectivity index (χ1n) is 3.00. The molecule has 5 heteroatoms. The molecule has 66 valence electrons. The van der Waals surface area contributed by atoms with Gasteiger partial charge in [0, 0.05) is 9.26 Å². The number of hydrogen-bond donors (Lipinski definition) is 2. The topological polar surface area (TPSA) is 55.1 Å². The van der Waals surface area contributed by atoms with Crippen LogP contribution in [0.5, 0.6) is 0 Å². The van der Waals surface area contributed by atoms with Crippen LogP contribution in [0, 0.1) is 3.57 Å². The highest BCUT2D eigenvalue weighted by Gasteiger charge is 1.93. The van der Waals surface area contributed by atoms with Gasteiger partial charge in [0.15, 0.2) is 0 Å². The first-order valence-corrected chi connectivity index (χ1v) is 4.08. The van der Waals surface area contributed by atoms with Crippen molar-refractivity contribution in [1.29, 1.82) is 0 Å². The second kappa shape index (κ2) is 5.21. The Morgan fingerprint density at radius 1 is 1.33 bits per heavy atom. The summed E-state index contributed by atoms with van der Waals surface area (Å²) in [5.41, 5.74) is 5.63. The molecule has 1 rings (SSSR count). The summed E-state index contributed by atoms with van der Waals surface area (Å²) in [5.74, 6) is 0. The van der Waals surface area contributed by atoms with Crippen LogP contribution in [0.3, 0.4) is 0 Å². The lowest BCUT2D eigenvalue weighted by Gasteiger charge is -1.99. The molecule has 0 aromatic heterocycles. The Balaban J connectivity index is 0.00000121. The third kappa shape index (κ3) is 3.77. The number of anilines is 1. The number of primary amides is 1. The Morgan fingerprint density at radius 2 is 1.83 bits per heavy atom. The molecule has 0 unspecified atom stereocenters. The summed E-state index contributed by atoms with van der Waals surface area (Å²) in [6, 6.07) is 6.85. The maximum atomic E-state index is 10.4. The van der Waals surface area contributed by atoms with E-state index in [2.05, 4.69) is 27.9 Å². The summed E-state index contributed by atoms with van der Waals surface area (Å²) in [5, 5.41) is 2.47. The van der Waals surface area contributed by atoms with Crippen LogP contribution < -0.4 is 11.1 Å². The van der Waals surface area contributed by atoms with E-state index in [1.165, 1.54) is 0 Å². The van der Waals surface area contributed by atoms with Crippen molar-refractivity contribution < 1.29 is 4.79 Å². The van der Waals surface area contributed by atoms with Crippen molar-refractivity contribution in [2.24, 2.45) is 5.73 Å². The Kier molecular flexibility index (Phi) is 5.00. The number of hydrogen-bond acceptors (Lipinski definition) is 1. The van der Waals surface area contributed by atoms with Gasteiger partial charge in [0.2, 0.25) is 0 Å². The highest BCUT2D eigenvalue weighted by molar-refractivity contribution is 14.1. The van der Waals surface area contributed by atoms with Crippen molar-refractivity contribution in [2.45, 2.75) is 0 Å². The smallest absolute Gasteiger partial charge is 0.316 e. The van der Waals surface area contributed by atoms with Crippen molar-refractivity contribution in [3.63, 3.8) is 0 Å². The van der Waals surface area contributed by atoms with Gasteiger partial charge < -0.3 is 11.1 Å². The summed E-state index contributed by atoms with van der Waals surface area (Å²) < 4.78 is 1.12. The maximum Gasteiger partial charge on any atom is 0.316 e. The molecular formula is C7H8ClIN2O. The number of carbonyl (C=O) groups excluding carboxylic acids is 1. The molecule has 0 fully saturated rings. The molecule has 0 heterocycles. The summed E-state index contributed by atoms with van der Waals surface area (Å²) >= 11 is 2.19. The normalized spacial score (nSPS) is 8.42.